The summed E-state index contributed by atoms with van der Waals surface area (Å²) in [7, 11) is 1.07. The fourth-order valence-electron chi connectivity index (χ4n) is 5.02. The van der Waals surface area contributed by atoms with Gasteiger partial charge < -0.3 is 4.74 Å². The average Bonchev–Trinajstić information content (AvgIpc) is 2.89. The summed E-state index contributed by atoms with van der Waals surface area (Å²) in [6.45, 7) is 0. The maximum atomic E-state index is 5.58. The number of rotatable bonds is 4. The van der Waals surface area contributed by atoms with Crippen LogP contribution in [0.5, 0.6) is 5.75 Å². The quantitative estimate of drug-likeness (QED) is 0.311. The average molecular weight is 430 g/mol. The lowest BCUT2D eigenvalue weighted by Gasteiger charge is -2.46. The number of hydrogen-bond donors (Lipinski definition) is 0. The van der Waals surface area contributed by atoms with Crippen molar-refractivity contribution in [2.45, 2.75) is 5.41 Å². The molecule has 4 aromatic carbocycles. The molecular weight excluding hydrogens is 407 g/mol. The second-order valence-electron chi connectivity index (χ2n) is 8.24. The monoisotopic (exact) mass is 430 g/mol. The first-order valence-corrected chi connectivity index (χ1v) is 12.2. The molecule has 4 aromatic rings. The predicted molar refractivity (Wildman–Crippen MR) is 136 cm³/mol. The minimum absolute atomic E-state index is 0.293. The molecule has 2 atom stereocenters. The van der Waals surface area contributed by atoms with Crippen LogP contribution in [0.3, 0.4) is 0 Å². The van der Waals surface area contributed by atoms with E-state index in [9.17, 15) is 0 Å². The van der Waals surface area contributed by atoms with Gasteiger partial charge in [-0.2, -0.15) is 0 Å². The molecule has 3 heterocycles. The van der Waals surface area contributed by atoms with Gasteiger partial charge in [0.25, 0.3) is 0 Å². The fourth-order valence-corrected chi connectivity index (χ4v) is 8.00. The molecule has 0 aromatic heterocycles. The first kappa shape index (κ1) is 19.3. The molecule has 3 aliphatic rings. The topological polar surface area (TPSA) is 9.23 Å². The molecule has 32 heavy (non-hydrogen) atoms. The van der Waals surface area contributed by atoms with Gasteiger partial charge in [0.15, 0.2) is 0 Å². The van der Waals surface area contributed by atoms with Crippen LogP contribution in [0.2, 0.25) is 0 Å². The molecule has 0 saturated heterocycles. The van der Waals surface area contributed by atoms with Gasteiger partial charge in [0, 0.05) is 0 Å². The second kappa shape index (κ2) is 7.62. The molecule has 0 amide bonds. The minimum atomic E-state index is -0.672. The van der Waals surface area contributed by atoms with Crippen LogP contribution >= 0.6 is 7.92 Å². The van der Waals surface area contributed by atoms with Gasteiger partial charge in [-0.25, -0.2) is 0 Å². The zero-order valence-electron chi connectivity index (χ0n) is 17.9. The normalized spacial score (nSPS) is 20.8. The van der Waals surface area contributed by atoms with Gasteiger partial charge in [-0.3, -0.25) is 0 Å². The number of allylic oxidation sites excluding steroid dienone is 2. The van der Waals surface area contributed by atoms with Gasteiger partial charge in [0.05, 0.1) is 12.5 Å². The first-order valence-electron chi connectivity index (χ1n) is 10.9. The van der Waals surface area contributed by atoms with Crippen molar-refractivity contribution in [1.82, 2.24) is 0 Å². The van der Waals surface area contributed by atoms with Crippen molar-refractivity contribution in [3.63, 3.8) is 0 Å². The van der Waals surface area contributed by atoms with Crippen LogP contribution in [-0.4, -0.2) is 7.11 Å². The van der Waals surface area contributed by atoms with Gasteiger partial charge in [-0.15, -0.1) is 0 Å². The first-order chi connectivity index (χ1) is 15.8. The largest absolute Gasteiger partial charge is 0.497 e. The van der Waals surface area contributed by atoms with Crippen LogP contribution in [0.15, 0.2) is 121 Å². The standard InChI is InChI=1S/C30H23OP/c1-31-25-16-10-13-23(19-25)29-21-30(24-14-6-3-7-15-24)20-28(22-11-4-2-5-12-22)32(29)27-18-9-8-17-26(27)30/h2-21H,1H3/t30-,32?/m0/s1. The summed E-state index contributed by atoms with van der Waals surface area (Å²) in [5, 5.41) is 4.29. The van der Waals surface area contributed by atoms with Crippen LogP contribution in [0.1, 0.15) is 22.3 Å². The zero-order valence-corrected chi connectivity index (χ0v) is 18.8. The Kier molecular flexibility index (Phi) is 4.59. The summed E-state index contributed by atoms with van der Waals surface area (Å²) in [6.07, 6.45) is 5.03. The van der Waals surface area contributed by atoms with Crippen LogP contribution < -0.4 is 10.0 Å². The highest BCUT2D eigenvalue weighted by Gasteiger charge is 2.45. The van der Waals surface area contributed by atoms with Gasteiger partial charge in [0.2, 0.25) is 0 Å². The Labute approximate surface area is 190 Å². The van der Waals surface area contributed by atoms with E-state index in [1.807, 2.05) is 6.07 Å². The molecule has 3 aliphatic heterocycles. The van der Waals surface area contributed by atoms with E-state index in [-0.39, 0.29) is 5.41 Å². The van der Waals surface area contributed by atoms with Crippen molar-refractivity contribution in [3.05, 3.63) is 144 Å². The van der Waals surface area contributed by atoms with Gasteiger partial charge in [0.1, 0.15) is 5.75 Å². The molecule has 0 fully saturated rings. The highest BCUT2D eigenvalue weighted by molar-refractivity contribution is 7.84. The third-order valence-electron chi connectivity index (χ3n) is 6.49. The lowest BCUT2D eigenvalue weighted by Crippen LogP contribution is -2.36. The number of methoxy groups -OCH3 is 1. The second-order valence-corrected chi connectivity index (χ2v) is 10.4. The SMILES string of the molecule is COc1cccc(C2=C[C@]3(c4ccccc4)C=C(c4ccccc4)P2c2ccccc23)c1. The van der Waals surface area contributed by atoms with E-state index in [2.05, 4.69) is 115 Å². The highest BCUT2D eigenvalue weighted by atomic mass is 31.1. The van der Waals surface area contributed by atoms with Crippen molar-refractivity contribution in [2.75, 3.05) is 7.11 Å². The Morgan fingerprint density at radius 1 is 0.625 bits per heavy atom. The number of ether oxygens (including phenoxy) is 1. The van der Waals surface area contributed by atoms with Crippen LogP contribution in [-0.2, 0) is 5.41 Å². The lowest BCUT2D eigenvalue weighted by molar-refractivity contribution is 0.414. The van der Waals surface area contributed by atoms with E-state index in [1.54, 1.807) is 7.11 Å². The third-order valence-corrected chi connectivity index (χ3v) is 9.10. The van der Waals surface area contributed by atoms with Crippen molar-refractivity contribution < 1.29 is 4.74 Å². The zero-order chi connectivity index (χ0) is 21.5. The summed E-state index contributed by atoms with van der Waals surface area (Å²) in [5.41, 5.74) is 4.96. The Hall–Kier alpha value is -3.41. The van der Waals surface area contributed by atoms with Crippen molar-refractivity contribution in [2.24, 2.45) is 0 Å². The van der Waals surface area contributed by atoms with Crippen LogP contribution in [0.25, 0.3) is 10.6 Å². The third kappa shape index (κ3) is 2.89. The van der Waals surface area contributed by atoms with Crippen LogP contribution in [0.4, 0.5) is 0 Å². The van der Waals surface area contributed by atoms with Gasteiger partial charge in [-0.05, 0) is 58.2 Å². The molecule has 0 radical (unpaired) electrons. The molecule has 1 unspecified atom stereocenters. The summed E-state index contributed by atoms with van der Waals surface area (Å²) in [5.74, 6) is 0.897. The lowest BCUT2D eigenvalue weighted by atomic mass is 9.72. The molecule has 7 rings (SSSR count). The van der Waals surface area contributed by atoms with Gasteiger partial charge in [-0.1, -0.05) is 109 Å². The maximum Gasteiger partial charge on any atom is 0.119 e. The molecule has 0 saturated carbocycles. The fraction of sp³-hybridized carbons (Fsp3) is 0.0667. The Morgan fingerprint density at radius 3 is 2.00 bits per heavy atom. The Balaban J connectivity index is 1.68. The molecule has 2 bridgehead atoms. The molecule has 0 spiro atoms. The Bertz CT molecular complexity index is 1350. The summed E-state index contributed by atoms with van der Waals surface area (Å²) >= 11 is 0. The number of benzene rings is 4. The molecule has 154 valence electrons. The van der Waals surface area contributed by atoms with E-state index >= 15 is 0 Å². The van der Waals surface area contributed by atoms with Crippen molar-refractivity contribution in [3.8, 4) is 5.75 Å². The maximum absolute atomic E-state index is 5.58. The van der Waals surface area contributed by atoms with E-state index < -0.39 is 7.92 Å². The van der Waals surface area contributed by atoms with E-state index in [4.69, 9.17) is 4.74 Å². The molecule has 1 nitrogen and oxygen atoms in total. The van der Waals surface area contributed by atoms with Crippen molar-refractivity contribution in [1.29, 1.82) is 0 Å². The van der Waals surface area contributed by atoms with E-state index in [0.717, 1.165) is 5.75 Å². The van der Waals surface area contributed by atoms with Crippen LogP contribution in [0, 0.1) is 0 Å². The highest BCUT2D eigenvalue weighted by Crippen LogP contribution is 2.69. The number of hydrogen-bond acceptors (Lipinski definition) is 1. The molecule has 0 N–H and O–H groups in total. The minimum Gasteiger partial charge on any atom is -0.497 e. The summed E-state index contributed by atoms with van der Waals surface area (Å²) < 4.78 is 5.58. The summed E-state index contributed by atoms with van der Waals surface area (Å²) in [4.78, 5) is 0. The van der Waals surface area contributed by atoms with E-state index in [1.165, 1.54) is 38.2 Å². The Morgan fingerprint density at radius 2 is 1.25 bits per heavy atom. The summed E-state index contributed by atoms with van der Waals surface area (Å²) in [6, 6.07) is 39.3. The predicted octanol–water partition coefficient (Wildman–Crippen LogP) is 7.20. The molecule has 2 heteroatoms. The van der Waals surface area contributed by atoms with E-state index in [0.29, 0.717) is 0 Å². The smallest absolute Gasteiger partial charge is 0.119 e. The molecular formula is C30H23OP. The van der Waals surface area contributed by atoms with Gasteiger partial charge >= 0.3 is 0 Å². The molecule has 0 aliphatic carbocycles. The van der Waals surface area contributed by atoms with Crippen molar-refractivity contribution >= 4 is 23.9 Å².